The van der Waals surface area contributed by atoms with E-state index in [-0.39, 0.29) is 23.7 Å². The molecule has 1 aliphatic heterocycles. The van der Waals surface area contributed by atoms with Gasteiger partial charge in [-0.1, -0.05) is 11.6 Å². The fraction of sp³-hybridized carbons (Fsp3) is 0.364. The van der Waals surface area contributed by atoms with Crippen molar-refractivity contribution < 1.29 is 23.8 Å². The van der Waals surface area contributed by atoms with E-state index in [9.17, 15) is 23.8 Å². The van der Waals surface area contributed by atoms with Crippen LogP contribution < -0.4 is 0 Å². The fourth-order valence-electron chi connectivity index (χ4n) is 1.79. The zero-order valence-electron chi connectivity index (χ0n) is 9.11. The number of carbonyl (C=O) groups is 1. The summed E-state index contributed by atoms with van der Waals surface area (Å²) >= 11 is 5.67. The molecule has 0 radical (unpaired) electrons. The van der Waals surface area contributed by atoms with Crippen LogP contribution in [0.1, 0.15) is 10.4 Å². The molecule has 1 aromatic carbocycles. The van der Waals surface area contributed by atoms with Crippen LogP contribution in [0.4, 0.5) is 8.78 Å². The molecule has 0 saturated carbocycles. The first kappa shape index (κ1) is 13.2. The van der Waals surface area contributed by atoms with Gasteiger partial charge in [0, 0.05) is 13.1 Å². The summed E-state index contributed by atoms with van der Waals surface area (Å²) in [7, 11) is 0. The lowest BCUT2D eigenvalue weighted by atomic mass is 10.2. The van der Waals surface area contributed by atoms with Crippen LogP contribution >= 0.6 is 11.6 Å². The van der Waals surface area contributed by atoms with E-state index in [0.29, 0.717) is 12.1 Å². The lowest BCUT2D eigenvalue weighted by Crippen LogP contribution is -2.30. The molecule has 7 heteroatoms. The maximum atomic E-state index is 13.1. The highest BCUT2D eigenvalue weighted by molar-refractivity contribution is 6.33. The monoisotopic (exact) mass is 277 g/mol. The Hall–Kier alpha value is -1.24. The Morgan fingerprint density at radius 2 is 1.72 bits per heavy atom. The van der Waals surface area contributed by atoms with Gasteiger partial charge in [0.25, 0.3) is 5.91 Å². The van der Waals surface area contributed by atoms with Crippen molar-refractivity contribution in [2.75, 3.05) is 13.1 Å². The number of likely N-dealkylation sites (tertiary alicyclic amines) is 1. The molecule has 0 aliphatic carbocycles. The van der Waals surface area contributed by atoms with Crippen LogP contribution in [0.2, 0.25) is 5.02 Å². The van der Waals surface area contributed by atoms with Crippen LogP contribution in [-0.4, -0.2) is 46.3 Å². The van der Waals surface area contributed by atoms with Crippen LogP contribution in [0.3, 0.4) is 0 Å². The van der Waals surface area contributed by atoms with Gasteiger partial charge in [-0.3, -0.25) is 4.79 Å². The van der Waals surface area contributed by atoms with Gasteiger partial charge in [0.2, 0.25) is 0 Å². The standard InChI is InChI=1S/C11H10ClF2NO3/c12-6-2-8(14)7(13)1-5(6)11(18)15-3-9(16)10(17)4-15/h1-2,9-10,16-17H,3-4H2. The van der Waals surface area contributed by atoms with Gasteiger partial charge in [-0.05, 0) is 12.1 Å². The Balaban J connectivity index is 2.27. The molecule has 0 spiro atoms. The highest BCUT2D eigenvalue weighted by Gasteiger charge is 2.33. The number of carbonyl (C=O) groups excluding carboxylic acids is 1. The van der Waals surface area contributed by atoms with E-state index in [1.165, 1.54) is 0 Å². The van der Waals surface area contributed by atoms with E-state index < -0.39 is 29.7 Å². The van der Waals surface area contributed by atoms with E-state index in [1.807, 2.05) is 0 Å². The Morgan fingerprint density at radius 1 is 1.22 bits per heavy atom. The van der Waals surface area contributed by atoms with Crippen molar-refractivity contribution in [3.63, 3.8) is 0 Å². The fourth-order valence-corrected chi connectivity index (χ4v) is 2.02. The van der Waals surface area contributed by atoms with Crippen molar-refractivity contribution >= 4 is 17.5 Å². The number of hydrogen-bond acceptors (Lipinski definition) is 3. The van der Waals surface area contributed by atoms with Crippen LogP contribution in [-0.2, 0) is 0 Å². The third kappa shape index (κ3) is 2.31. The number of amides is 1. The predicted molar refractivity (Wildman–Crippen MR) is 59.3 cm³/mol. The third-order valence-corrected chi connectivity index (χ3v) is 3.10. The highest BCUT2D eigenvalue weighted by Crippen LogP contribution is 2.23. The third-order valence-electron chi connectivity index (χ3n) is 2.79. The molecule has 2 rings (SSSR count). The van der Waals surface area contributed by atoms with Gasteiger partial charge < -0.3 is 15.1 Å². The molecule has 2 atom stereocenters. The first-order chi connectivity index (χ1) is 8.40. The first-order valence-electron chi connectivity index (χ1n) is 5.20. The predicted octanol–water partition coefficient (Wildman–Crippen LogP) is 0.796. The van der Waals surface area contributed by atoms with Crippen molar-refractivity contribution in [1.82, 2.24) is 4.90 Å². The summed E-state index contributed by atoms with van der Waals surface area (Å²) in [6.07, 6.45) is -2.09. The maximum absolute atomic E-state index is 13.1. The summed E-state index contributed by atoms with van der Waals surface area (Å²) in [5.74, 6) is -2.98. The molecule has 1 fully saturated rings. The molecule has 2 unspecified atom stereocenters. The molecule has 4 nitrogen and oxygen atoms in total. The van der Waals surface area contributed by atoms with E-state index in [2.05, 4.69) is 0 Å². The van der Waals surface area contributed by atoms with Gasteiger partial charge in [-0.15, -0.1) is 0 Å². The van der Waals surface area contributed by atoms with Crippen LogP contribution in [0.25, 0.3) is 0 Å². The zero-order valence-corrected chi connectivity index (χ0v) is 9.86. The van der Waals surface area contributed by atoms with E-state index in [1.54, 1.807) is 0 Å². The summed E-state index contributed by atoms with van der Waals surface area (Å²) in [6.45, 7) is -0.148. The molecule has 0 aromatic heterocycles. The number of halogens is 3. The van der Waals surface area contributed by atoms with Crippen molar-refractivity contribution in [3.8, 4) is 0 Å². The molecule has 0 bridgehead atoms. The number of benzene rings is 1. The van der Waals surface area contributed by atoms with E-state index in [4.69, 9.17) is 11.6 Å². The smallest absolute Gasteiger partial charge is 0.255 e. The van der Waals surface area contributed by atoms with E-state index >= 15 is 0 Å². The second-order valence-electron chi connectivity index (χ2n) is 4.09. The van der Waals surface area contributed by atoms with Gasteiger partial charge in [-0.25, -0.2) is 8.78 Å². The molecule has 1 amide bonds. The molecule has 18 heavy (non-hydrogen) atoms. The summed E-state index contributed by atoms with van der Waals surface area (Å²) in [4.78, 5) is 13.1. The minimum Gasteiger partial charge on any atom is -0.388 e. The van der Waals surface area contributed by atoms with Crippen molar-refractivity contribution in [2.45, 2.75) is 12.2 Å². The number of aliphatic hydroxyl groups is 2. The Kier molecular flexibility index (Phi) is 3.52. The lowest BCUT2D eigenvalue weighted by Gasteiger charge is -2.16. The second-order valence-corrected chi connectivity index (χ2v) is 4.50. The van der Waals surface area contributed by atoms with Crippen molar-refractivity contribution in [2.24, 2.45) is 0 Å². The molecular formula is C11H10ClF2NO3. The summed E-state index contributed by atoms with van der Waals surface area (Å²) in [5.41, 5.74) is -0.197. The molecule has 1 heterocycles. The highest BCUT2D eigenvalue weighted by atomic mass is 35.5. The van der Waals surface area contributed by atoms with E-state index in [0.717, 1.165) is 4.90 Å². The minimum atomic E-state index is -1.18. The summed E-state index contributed by atoms with van der Waals surface area (Å²) in [6, 6.07) is 1.42. The SMILES string of the molecule is O=C(c1cc(F)c(F)cc1Cl)N1CC(O)C(O)C1. The van der Waals surface area contributed by atoms with Crippen LogP contribution in [0.15, 0.2) is 12.1 Å². The number of β-amino-alcohol motifs (C(OH)–C–C–N with tert-alkyl or cyclic N) is 2. The summed E-state index contributed by atoms with van der Waals surface area (Å²) < 4.78 is 25.9. The minimum absolute atomic E-state index is 0.0741. The first-order valence-corrected chi connectivity index (χ1v) is 5.58. The van der Waals surface area contributed by atoms with Crippen molar-refractivity contribution in [1.29, 1.82) is 0 Å². The Bertz CT molecular complexity index is 487. The maximum Gasteiger partial charge on any atom is 0.255 e. The quantitative estimate of drug-likeness (QED) is 0.747. The van der Waals surface area contributed by atoms with Crippen LogP contribution in [0.5, 0.6) is 0 Å². The lowest BCUT2D eigenvalue weighted by molar-refractivity contribution is 0.0572. The van der Waals surface area contributed by atoms with Gasteiger partial charge in [0.15, 0.2) is 11.6 Å². The largest absolute Gasteiger partial charge is 0.388 e. The Labute approximate surface area is 106 Å². The number of aliphatic hydroxyl groups excluding tert-OH is 2. The average molecular weight is 278 g/mol. The molecule has 98 valence electrons. The number of hydrogen-bond donors (Lipinski definition) is 2. The van der Waals surface area contributed by atoms with Crippen molar-refractivity contribution in [3.05, 3.63) is 34.4 Å². The average Bonchev–Trinajstić information content (AvgIpc) is 2.63. The van der Waals surface area contributed by atoms with Gasteiger partial charge in [0.05, 0.1) is 22.8 Å². The number of nitrogens with zero attached hydrogens (tertiary/aromatic N) is 1. The zero-order chi connectivity index (χ0) is 13.4. The van der Waals surface area contributed by atoms with Gasteiger partial charge in [-0.2, -0.15) is 0 Å². The molecular weight excluding hydrogens is 268 g/mol. The molecule has 1 aromatic rings. The topological polar surface area (TPSA) is 60.8 Å². The number of rotatable bonds is 1. The normalized spacial score (nSPS) is 23.5. The molecule has 1 saturated heterocycles. The second kappa shape index (κ2) is 4.79. The van der Waals surface area contributed by atoms with Gasteiger partial charge in [0.1, 0.15) is 0 Å². The summed E-state index contributed by atoms with van der Waals surface area (Å²) in [5, 5.41) is 18.4. The molecule has 1 aliphatic rings. The Morgan fingerprint density at radius 3 is 2.28 bits per heavy atom. The van der Waals surface area contributed by atoms with Crippen LogP contribution in [0, 0.1) is 11.6 Å². The molecule has 2 N–H and O–H groups in total. The van der Waals surface area contributed by atoms with Gasteiger partial charge >= 0.3 is 0 Å².